The predicted molar refractivity (Wildman–Crippen MR) is 88.7 cm³/mol. The molecule has 0 fully saturated rings. The molecule has 1 N–H and O–H groups in total. The second-order valence-electron chi connectivity index (χ2n) is 4.60. The van der Waals surface area contributed by atoms with E-state index in [2.05, 4.69) is 15.9 Å². The summed E-state index contributed by atoms with van der Waals surface area (Å²) in [6.07, 6.45) is 3.97. The quantitative estimate of drug-likeness (QED) is 0.619. The Balaban J connectivity index is 2.06. The maximum absolute atomic E-state index is 10.1. The van der Waals surface area contributed by atoms with Gasteiger partial charge in [0.2, 0.25) is 0 Å². The van der Waals surface area contributed by atoms with Gasteiger partial charge in [0.1, 0.15) is 5.75 Å². The van der Waals surface area contributed by atoms with Crippen molar-refractivity contribution in [1.29, 1.82) is 0 Å². The van der Waals surface area contributed by atoms with Crippen molar-refractivity contribution in [2.75, 3.05) is 0 Å². The topological polar surface area (TPSA) is 20.2 Å². The molecule has 2 heteroatoms. The zero-order valence-electron chi connectivity index (χ0n) is 10.8. The lowest BCUT2D eigenvalue weighted by atomic mass is 10.0. The van der Waals surface area contributed by atoms with Crippen LogP contribution in [0.3, 0.4) is 0 Å². The van der Waals surface area contributed by atoms with Gasteiger partial charge in [-0.2, -0.15) is 0 Å². The average molecular weight is 325 g/mol. The highest BCUT2D eigenvalue weighted by Gasteiger charge is 2.03. The summed E-state index contributed by atoms with van der Waals surface area (Å²) in [4.78, 5) is 0. The number of aromatic hydroxyl groups is 1. The highest BCUT2D eigenvalue weighted by Crippen LogP contribution is 2.28. The summed E-state index contributed by atoms with van der Waals surface area (Å²) in [5.41, 5.74) is 1.95. The second kappa shape index (κ2) is 5.51. The van der Waals surface area contributed by atoms with Crippen molar-refractivity contribution in [2.45, 2.75) is 0 Å². The minimum Gasteiger partial charge on any atom is -0.507 e. The van der Waals surface area contributed by atoms with Crippen molar-refractivity contribution in [3.05, 3.63) is 76.3 Å². The van der Waals surface area contributed by atoms with Crippen LogP contribution in [0, 0.1) is 0 Å². The summed E-state index contributed by atoms with van der Waals surface area (Å²) >= 11 is 3.42. The van der Waals surface area contributed by atoms with E-state index in [9.17, 15) is 5.11 Å². The summed E-state index contributed by atoms with van der Waals surface area (Å²) in [5.74, 6) is 0.303. The summed E-state index contributed by atoms with van der Waals surface area (Å²) in [7, 11) is 0. The van der Waals surface area contributed by atoms with E-state index >= 15 is 0 Å². The van der Waals surface area contributed by atoms with Gasteiger partial charge in [0, 0.05) is 10.0 Å². The maximum atomic E-state index is 10.1. The van der Waals surface area contributed by atoms with E-state index in [1.807, 2.05) is 66.7 Å². The predicted octanol–water partition coefficient (Wildman–Crippen LogP) is 5.48. The number of phenolic OH excluding ortho intramolecular Hbond substituents is 1. The first-order valence-corrected chi connectivity index (χ1v) is 7.18. The Hall–Kier alpha value is -2.06. The van der Waals surface area contributed by atoms with E-state index in [-0.39, 0.29) is 0 Å². The molecule has 20 heavy (non-hydrogen) atoms. The molecule has 0 bridgehead atoms. The third-order valence-corrected chi connectivity index (χ3v) is 3.79. The van der Waals surface area contributed by atoms with Gasteiger partial charge in [0.25, 0.3) is 0 Å². The van der Waals surface area contributed by atoms with Crippen LogP contribution in [0.15, 0.2) is 65.1 Å². The first-order valence-electron chi connectivity index (χ1n) is 6.38. The van der Waals surface area contributed by atoms with Gasteiger partial charge in [-0.15, -0.1) is 0 Å². The molecule has 0 aliphatic heterocycles. The van der Waals surface area contributed by atoms with E-state index in [4.69, 9.17) is 0 Å². The molecule has 0 amide bonds. The van der Waals surface area contributed by atoms with Crippen molar-refractivity contribution < 1.29 is 5.11 Å². The molecule has 1 nitrogen and oxygen atoms in total. The Morgan fingerprint density at radius 1 is 0.800 bits per heavy atom. The van der Waals surface area contributed by atoms with E-state index in [1.54, 1.807) is 6.07 Å². The van der Waals surface area contributed by atoms with Crippen LogP contribution in [0.2, 0.25) is 0 Å². The van der Waals surface area contributed by atoms with E-state index in [0.717, 1.165) is 26.4 Å². The number of fused-ring (bicyclic) bond motifs is 1. The van der Waals surface area contributed by atoms with Crippen molar-refractivity contribution in [3.63, 3.8) is 0 Å². The van der Waals surface area contributed by atoms with Gasteiger partial charge in [-0.3, -0.25) is 0 Å². The lowest BCUT2D eigenvalue weighted by Crippen LogP contribution is -1.80. The highest BCUT2D eigenvalue weighted by molar-refractivity contribution is 9.10. The summed E-state index contributed by atoms with van der Waals surface area (Å²) in [5, 5.41) is 12.3. The van der Waals surface area contributed by atoms with Gasteiger partial charge < -0.3 is 5.11 Å². The zero-order valence-corrected chi connectivity index (χ0v) is 12.3. The minimum atomic E-state index is 0.303. The maximum Gasteiger partial charge on any atom is 0.123 e. The number of halogens is 1. The summed E-state index contributed by atoms with van der Waals surface area (Å²) in [6, 6.07) is 19.8. The number of benzene rings is 3. The molecule has 0 saturated carbocycles. The second-order valence-corrected chi connectivity index (χ2v) is 5.52. The monoisotopic (exact) mass is 324 g/mol. The number of hydrogen-bond donors (Lipinski definition) is 1. The Morgan fingerprint density at radius 2 is 1.55 bits per heavy atom. The normalized spacial score (nSPS) is 11.2. The van der Waals surface area contributed by atoms with Gasteiger partial charge >= 0.3 is 0 Å². The van der Waals surface area contributed by atoms with E-state index < -0.39 is 0 Å². The zero-order chi connectivity index (χ0) is 13.9. The van der Waals surface area contributed by atoms with Crippen LogP contribution < -0.4 is 0 Å². The average Bonchev–Trinajstić information content (AvgIpc) is 2.48. The van der Waals surface area contributed by atoms with Gasteiger partial charge in [-0.1, -0.05) is 70.5 Å². The number of rotatable bonds is 2. The van der Waals surface area contributed by atoms with E-state index in [0.29, 0.717) is 5.75 Å². The van der Waals surface area contributed by atoms with E-state index in [1.165, 1.54) is 0 Å². The Bertz CT molecular complexity index is 773. The fourth-order valence-electron chi connectivity index (χ4n) is 2.21. The largest absolute Gasteiger partial charge is 0.507 e. The number of phenols is 1. The van der Waals surface area contributed by atoms with Crippen LogP contribution in [0.1, 0.15) is 11.1 Å². The third-order valence-electron chi connectivity index (χ3n) is 3.26. The molecule has 0 saturated heterocycles. The summed E-state index contributed by atoms with van der Waals surface area (Å²) in [6.45, 7) is 0. The van der Waals surface area contributed by atoms with Crippen LogP contribution in [-0.4, -0.2) is 5.11 Å². The number of hydrogen-bond acceptors (Lipinski definition) is 1. The standard InChI is InChI=1S/C18H13BrO/c19-15-9-5-13(6-10-15)7-11-17-16-4-2-1-3-14(16)8-12-18(17)20/h1-12,20H. The van der Waals surface area contributed by atoms with Crippen LogP contribution in [-0.2, 0) is 0 Å². The van der Waals surface area contributed by atoms with Crippen LogP contribution >= 0.6 is 15.9 Å². The first-order chi connectivity index (χ1) is 9.74. The molecule has 3 aromatic carbocycles. The smallest absolute Gasteiger partial charge is 0.123 e. The molecule has 0 atom stereocenters. The minimum absolute atomic E-state index is 0.303. The molecular formula is C18H13BrO. The molecular weight excluding hydrogens is 312 g/mol. The molecule has 0 heterocycles. The highest BCUT2D eigenvalue weighted by atomic mass is 79.9. The van der Waals surface area contributed by atoms with Crippen LogP contribution in [0.4, 0.5) is 0 Å². The fourth-order valence-corrected chi connectivity index (χ4v) is 2.48. The molecule has 0 aromatic heterocycles. The summed E-state index contributed by atoms with van der Waals surface area (Å²) < 4.78 is 1.06. The van der Waals surface area contributed by atoms with Gasteiger partial charge in [-0.25, -0.2) is 0 Å². The van der Waals surface area contributed by atoms with Crippen LogP contribution in [0.5, 0.6) is 5.75 Å². The molecule has 98 valence electrons. The Labute approximate surface area is 126 Å². The molecule has 3 aromatic rings. The third kappa shape index (κ3) is 2.61. The lowest BCUT2D eigenvalue weighted by Gasteiger charge is -2.05. The van der Waals surface area contributed by atoms with Crippen molar-refractivity contribution in [3.8, 4) is 5.75 Å². The lowest BCUT2D eigenvalue weighted by molar-refractivity contribution is 0.475. The molecule has 0 spiro atoms. The van der Waals surface area contributed by atoms with Crippen molar-refractivity contribution in [2.24, 2.45) is 0 Å². The SMILES string of the molecule is Oc1ccc2ccccc2c1C=Cc1ccc(Br)cc1. The molecule has 0 unspecified atom stereocenters. The van der Waals surface area contributed by atoms with Gasteiger partial charge in [0.15, 0.2) is 0 Å². The first kappa shape index (κ1) is 12.9. The van der Waals surface area contributed by atoms with Crippen molar-refractivity contribution >= 4 is 38.9 Å². The van der Waals surface area contributed by atoms with Crippen LogP contribution in [0.25, 0.3) is 22.9 Å². The Kier molecular flexibility index (Phi) is 3.57. The molecule has 3 rings (SSSR count). The molecule has 0 aliphatic rings. The molecule has 0 aliphatic carbocycles. The van der Waals surface area contributed by atoms with Gasteiger partial charge in [0.05, 0.1) is 0 Å². The Morgan fingerprint density at radius 3 is 2.35 bits per heavy atom. The molecule has 0 radical (unpaired) electrons. The van der Waals surface area contributed by atoms with Crippen molar-refractivity contribution in [1.82, 2.24) is 0 Å². The fraction of sp³-hybridized carbons (Fsp3) is 0. The van der Waals surface area contributed by atoms with Gasteiger partial charge in [-0.05, 0) is 34.5 Å².